The predicted octanol–water partition coefficient (Wildman–Crippen LogP) is 4.07. The summed E-state index contributed by atoms with van der Waals surface area (Å²) in [5, 5.41) is 24.0. The number of hydrogen-bond donors (Lipinski definition) is 2. The topological polar surface area (TPSA) is 102 Å². The molecule has 0 unspecified atom stereocenters. The molecule has 0 bridgehead atoms. The SMILES string of the molecule is Cc1cc(C(=O)O)ccc1NCc1ccc(Oc2nnnn2-c2ccccc2)cc1. The van der Waals surface area contributed by atoms with Gasteiger partial charge in [0.2, 0.25) is 0 Å². The van der Waals surface area contributed by atoms with E-state index in [1.165, 1.54) is 4.68 Å². The number of tetrazole rings is 1. The quantitative estimate of drug-likeness (QED) is 0.481. The van der Waals surface area contributed by atoms with Gasteiger partial charge in [0.1, 0.15) is 5.75 Å². The Hall–Kier alpha value is -4.20. The Morgan fingerprint density at radius 2 is 1.83 bits per heavy atom. The summed E-state index contributed by atoms with van der Waals surface area (Å²) in [7, 11) is 0. The maximum atomic E-state index is 11.0. The van der Waals surface area contributed by atoms with E-state index in [2.05, 4.69) is 20.8 Å². The average Bonchev–Trinajstić information content (AvgIpc) is 3.22. The van der Waals surface area contributed by atoms with E-state index < -0.39 is 5.97 Å². The van der Waals surface area contributed by atoms with E-state index in [4.69, 9.17) is 9.84 Å². The Bertz CT molecular complexity index is 1160. The fraction of sp³-hybridized carbons (Fsp3) is 0.0909. The lowest BCUT2D eigenvalue weighted by atomic mass is 10.1. The van der Waals surface area contributed by atoms with Crippen LogP contribution in [0.5, 0.6) is 11.8 Å². The van der Waals surface area contributed by atoms with Crippen LogP contribution in [0.25, 0.3) is 5.69 Å². The van der Waals surface area contributed by atoms with Crippen molar-refractivity contribution in [2.45, 2.75) is 13.5 Å². The second-order valence-electron chi connectivity index (χ2n) is 6.64. The fourth-order valence-electron chi connectivity index (χ4n) is 2.95. The molecule has 0 saturated carbocycles. The zero-order valence-electron chi connectivity index (χ0n) is 16.2. The average molecular weight is 401 g/mol. The molecular formula is C22H19N5O3. The summed E-state index contributed by atoms with van der Waals surface area (Å²) in [6.45, 7) is 2.47. The molecule has 8 nitrogen and oxygen atoms in total. The molecule has 0 aliphatic heterocycles. The van der Waals surface area contributed by atoms with Crippen LogP contribution in [0.3, 0.4) is 0 Å². The number of nitrogens with zero attached hydrogens (tertiary/aromatic N) is 4. The second-order valence-corrected chi connectivity index (χ2v) is 6.64. The van der Waals surface area contributed by atoms with Crippen LogP contribution in [0.4, 0.5) is 5.69 Å². The van der Waals surface area contributed by atoms with Gasteiger partial charge in [-0.05, 0) is 70.9 Å². The van der Waals surface area contributed by atoms with Crippen LogP contribution in [0, 0.1) is 6.92 Å². The van der Waals surface area contributed by atoms with Gasteiger partial charge in [-0.3, -0.25) is 0 Å². The zero-order valence-corrected chi connectivity index (χ0v) is 16.2. The molecule has 0 atom stereocenters. The summed E-state index contributed by atoms with van der Waals surface area (Å²) in [4.78, 5) is 11.0. The molecule has 0 aliphatic rings. The third-order valence-corrected chi connectivity index (χ3v) is 4.53. The number of nitrogens with one attached hydrogen (secondary N) is 1. The Labute approximate surface area is 172 Å². The maximum Gasteiger partial charge on any atom is 0.345 e. The van der Waals surface area contributed by atoms with E-state index in [1.54, 1.807) is 18.2 Å². The Balaban J connectivity index is 1.41. The lowest BCUT2D eigenvalue weighted by molar-refractivity contribution is 0.0697. The summed E-state index contributed by atoms with van der Waals surface area (Å²) in [5.41, 5.74) is 3.90. The fourth-order valence-corrected chi connectivity index (χ4v) is 2.95. The molecule has 4 aromatic rings. The van der Waals surface area contributed by atoms with Gasteiger partial charge in [0.15, 0.2) is 0 Å². The highest BCUT2D eigenvalue weighted by Gasteiger charge is 2.10. The van der Waals surface area contributed by atoms with Crippen molar-refractivity contribution < 1.29 is 14.6 Å². The highest BCUT2D eigenvalue weighted by Crippen LogP contribution is 2.22. The third kappa shape index (κ3) is 4.27. The van der Waals surface area contributed by atoms with Gasteiger partial charge in [-0.25, -0.2) is 4.79 Å². The molecule has 0 spiro atoms. The van der Waals surface area contributed by atoms with Crippen molar-refractivity contribution in [2.75, 3.05) is 5.32 Å². The van der Waals surface area contributed by atoms with E-state index in [1.807, 2.05) is 61.5 Å². The number of rotatable bonds is 7. The van der Waals surface area contributed by atoms with Crippen LogP contribution in [0.1, 0.15) is 21.5 Å². The molecule has 0 radical (unpaired) electrons. The molecule has 4 rings (SSSR count). The predicted molar refractivity (Wildman–Crippen MR) is 111 cm³/mol. The number of benzene rings is 3. The first-order valence-corrected chi connectivity index (χ1v) is 9.28. The first kappa shape index (κ1) is 19.1. The van der Waals surface area contributed by atoms with Crippen molar-refractivity contribution in [1.82, 2.24) is 20.2 Å². The zero-order chi connectivity index (χ0) is 20.9. The highest BCUT2D eigenvalue weighted by atomic mass is 16.5. The monoisotopic (exact) mass is 401 g/mol. The lowest BCUT2D eigenvalue weighted by Crippen LogP contribution is -2.03. The van der Waals surface area contributed by atoms with Crippen LogP contribution < -0.4 is 10.1 Å². The summed E-state index contributed by atoms with van der Waals surface area (Å²) < 4.78 is 7.35. The van der Waals surface area contributed by atoms with Gasteiger partial charge >= 0.3 is 12.0 Å². The van der Waals surface area contributed by atoms with E-state index in [0.717, 1.165) is 22.5 Å². The van der Waals surface area contributed by atoms with Gasteiger partial charge in [0, 0.05) is 12.2 Å². The molecule has 8 heteroatoms. The van der Waals surface area contributed by atoms with E-state index >= 15 is 0 Å². The number of aromatic carboxylic acids is 1. The first-order valence-electron chi connectivity index (χ1n) is 9.28. The molecule has 150 valence electrons. The number of para-hydroxylation sites is 1. The van der Waals surface area contributed by atoms with Gasteiger partial charge in [0.25, 0.3) is 0 Å². The molecule has 1 heterocycles. The summed E-state index contributed by atoms with van der Waals surface area (Å²) in [6.07, 6.45) is 0. The number of aromatic nitrogens is 4. The number of ether oxygens (including phenoxy) is 1. The van der Waals surface area contributed by atoms with Crippen molar-refractivity contribution in [3.05, 3.63) is 89.5 Å². The third-order valence-electron chi connectivity index (χ3n) is 4.53. The molecule has 0 fully saturated rings. The van der Waals surface area contributed by atoms with Gasteiger partial charge < -0.3 is 15.2 Å². The minimum Gasteiger partial charge on any atom is -0.478 e. The van der Waals surface area contributed by atoms with Crippen LogP contribution in [-0.2, 0) is 6.54 Å². The number of carbonyl (C=O) groups is 1. The molecular weight excluding hydrogens is 382 g/mol. The summed E-state index contributed by atoms with van der Waals surface area (Å²) >= 11 is 0. The minimum absolute atomic E-state index is 0.275. The molecule has 0 amide bonds. The molecule has 1 aromatic heterocycles. The molecule has 2 N–H and O–H groups in total. The molecule has 0 saturated heterocycles. The van der Waals surface area contributed by atoms with Gasteiger partial charge in [-0.1, -0.05) is 35.4 Å². The Kier molecular flexibility index (Phi) is 5.38. The number of aryl methyl sites for hydroxylation is 1. The minimum atomic E-state index is -0.932. The van der Waals surface area contributed by atoms with Crippen molar-refractivity contribution >= 4 is 11.7 Å². The van der Waals surface area contributed by atoms with Crippen molar-refractivity contribution in [2.24, 2.45) is 0 Å². The smallest absolute Gasteiger partial charge is 0.345 e. The Morgan fingerprint density at radius 3 is 2.53 bits per heavy atom. The summed E-state index contributed by atoms with van der Waals surface area (Å²) in [6, 6.07) is 22.4. The van der Waals surface area contributed by atoms with E-state index in [9.17, 15) is 4.79 Å². The standard InChI is InChI=1S/C22H19N5O3/c1-15-13-17(21(28)29)9-12-20(15)23-14-16-7-10-19(11-8-16)30-22-24-25-26-27(22)18-5-3-2-4-6-18/h2-13,23H,14H2,1H3,(H,28,29). The van der Waals surface area contributed by atoms with E-state index in [-0.39, 0.29) is 11.6 Å². The van der Waals surface area contributed by atoms with Gasteiger partial charge in [0.05, 0.1) is 11.3 Å². The number of carboxylic acids is 1. The van der Waals surface area contributed by atoms with Crippen LogP contribution in [0.15, 0.2) is 72.8 Å². The normalized spacial score (nSPS) is 10.6. The van der Waals surface area contributed by atoms with Crippen LogP contribution >= 0.6 is 0 Å². The lowest BCUT2D eigenvalue weighted by Gasteiger charge is -2.11. The number of hydrogen-bond acceptors (Lipinski definition) is 6. The number of anilines is 1. The summed E-state index contributed by atoms with van der Waals surface area (Å²) in [5.74, 6) is -0.314. The maximum absolute atomic E-state index is 11.0. The second kappa shape index (κ2) is 8.44. The van der Waals surface area contributed by atoms with Crippen molar-refractivity contribution in [3.63, 3.8) is 0 Å². The van der Waals surface area contributed by atoms with Crippen molar-refractivity contribution in [3.8, 4) is 17.4 Å². The number of carboxylic acid groups (broad SMARTS) is 1. The van der Waals surface area contributed by atoms with Crippen LogP contribution in [-0.4, -0.2) is 31.3 Å². The molecule has 0 aliphatic carbocycles. The first-order chi connectivity index (χ1) is 14.6. The molecule has 3 aromatic carbocycles. The highest BCUT2D eigenvalue weighted by molar-refractivity contribution is 5.88. The van der Waals surface area contributed by atoms with Gasteiger partial charge in [-0.2, -0.15) is 4.68 Å². The van der Waals surface area contributed by atoms with Crippen LogP contribution in [0.2, 0.25) is 0 Å². The van der Waals surface area contributed by atoms with Crippen molar-refractivity contribution in [1.29, 1.82) is 0 Å². The van der Waals surface area contributed by atoms with Gasteiger partial charge in [-0.15, -0.1) is 0 Å². The largest absolute Gasteiger partial charge is 0.478 e. The molecule has 30 heavy (non-hydrogen) atoms. The van der Waals surface area contributed by atoms with E-state index in [0.29, 0.717) is 12.3 Å². The Morgan fingerprint density at radius 1 is 1.07 bits per heavy atom.